The van der Waals surface area contributed by atoms with Crippen LogP contribution in [0.2, 0.25) is 0 Å². The van der Waals surface area contributed by atoms with Gasteiger partial charge < -0.3 is 14.2 Å². The van der Waals surface area contributed by atoms with Crippen molar-refractivity contribution in [1.82, 2.24) is 24.6 Å². The third-order valence-electron chi connectivity index (χ3n) is 5.51. The van der Waals surface area contributed by atoms with E-state index >= 15 is 0 Å². The molecule has 7 nitrogen and oxygen atoms in total. The lowest BCUT2D eigenvalue weighted by Crippen LogP contribution is -2.40. The number of H-pyrrole nitrogens is 1. The first-order valence-electron chi connectivity index (χ1n) is 9.53. The third kappa shape index (κ3) is 3.28. The second-order valence-electron chi connectivity index (χ2n) is 7.45. The summed E-state index contributed by atoms with van der Waals surface area (Å²) in [5, 5.41) is 7.43. The van der Waals surface area contributed by atoms with Crippen LogP contribution < -0.4 is 0 Å². The van der Waals surface area contributed by atoms with Gasteiger partial charge in [0, 0.05) is 56.7 Å². The van der Waals surface area contributed by atoms with Gasteiger partial charge in [-0.25, -0.2) is 4.98 Å². The van der Waals surface area contributed by atoms with Crippen molar-refractivity contribution in [1.29, 1.82) is 0 Å². The highest BCUT2D eigenvalue weighted by Gasteiger charge is 2.35. The van der Waals surface area contributed by atoms with Crippen LogP contribution in [-0.4, -0.2) is 57.4 Å². The van der Waals surface area contributed by atoms with Gasteiger partial charge in [0.2, 0.25) is 0 Å². The van der Waals surface area contributed by atoms with Crippen LogP contribution in [0.5, 0.6) is 0 Å². The van der Waals surface area contributed by atoms with Gasteiger partial charge in [0.25, 0.3) is 5.91 Å². The van der Waals surface area contributed by atoms with E-state index in [0.29, 0.717) is 12.5 Å². The van der Waals surface area contributed by atoms with Gasteiger partial charge in [-0.05, 0) is 32.6 Å². The molecule has 1 aliphatic heterocycles. The molecule has 0 unspecified atom stereocenters. The first-order chi connectivity index (χ1) is 12.7. The smallest absolute Gasteiger partial charge is 0.257 e. The number of ether oxygens (including phenoxy) is 1. The topological polar surface area (TPSA) is 76.0 Å². The summed E-state index contributed by atoms with van der Waals surface area (Å²) in [6.45, 7) is 4.94. The zero-order valence-corrected chi connectivity index (χ0v) is 15.6. The highest BCUT2D eigenvalue weighted by atomic mass is 16.5. The van der Waals surface area contributed by atoms with E-state index in [1.165, 1.54) is 0 Å². The van der Waals surface area contributed by atoms with Gasteiger partial charge in [-0.3, -0.25) is 9.89 Å². The molecule has 3 heterocycles. The molecule has 140 valence electrons. The molecule has 7 heteroatoms. The van der Waals surface area contributed by atoms with E-state index < -0.39 is 0 Å². The average Bonchev–Trinajstić information content (AvgIpc) is 3.27. The zero-order chi connectivity index (χ0) is 18.1. The van der Waals surface area contributed by atoms with Gasteiger partial charge in [-0.2, -0.15) is 5.10 Å². The molecule has 1 saturated heterocycles. The first kappa shape index (κ1) is 17.3. The molecule has 1 amide bonds. The molecule has 0 aromatic carbocycles. The Bertz CT molecular complexity index is 777. The second-order valence-corrected chi connectivity index (χ2v) is 7.45. The highest BCUT2D eigenvalue weighted by Crippen LogP contribution is 2.41. The van der Waals surface area contributed by atoms with Crippen molar-refractivity contribution in [3.63, 3.8) is 0 Å². The van der Waals surface area contributed by atoms with Gasteiger partial charge in [0.15, 0.2) is 0 Å². The Morgan fingerprint density at radius 3 is 2.96 bits per heavy atom. The van der Waals surface area contributed by atoms with Crippen LogP contribution in [0.25, 0.3) is 0 Å². The summed E-state index contributed by atoms with van der Waals surface area (Å²) < 4.78 is 7.35. The predicted molar refractivity (Wildman–Crippen MR) is 97.3 cm³/mol. The fourth-order valence-electron chi connectivity index (χ4n) is 3.96. The number of aromatic amines is 1. The molecule has 1 atom stereocenters. The Morgan fingerprint density at radius 1 is 1.35 bits per heavy atom. The monoisotopic (exact) mass is 357 g/mol. The summed E-state index contributed by atoms with van der Waals surface area (Å²) in [6.07, 6.45) is 8.20. The maximum Gasteiger partial charge on any atom is 0.257 e. The number of rotatable bonds is 6. The van der Waals surface area contributed by atoms with Crippen molar-refractivity contribution in [2.24, 2.45) is 0 Å². The molecule has 1 N–H and O–H groups in total. The number of aromatic nitrogens is 4. The maximum absolute atomic E-state index is 13.2. The van der Waals surface area contributed by atoms with Crippen molar-refractivity contribution in [3.8, 4) is 0 Å². The number of methoxy groups -OCH3 is 1. The van der Waals surface area contributed by atoms with Crippen LogP contribution in [0.1, 0.15) is 65.1 Å². The molecule has 1 saturated carbocycles. The molecule has 2 aromatic rings. The van der Waals surface area contributed by atoms with Crippen molar-refractivity contribution in [3.05, 3.63) is 35.2 Å². The minimum atomic E-state index is 0.123. The van der Waals surface area contributed by atoms with Crippen LogP contribution in [0.4, 0.5) is 0 Å². The van der Waals surface area contributed by atoms with Gasteiger partial charge >= 0.3 is 0 Å². The summed E-state index contributed by atoms with van der Waals surface area (Å²) in [7, 11) is 1.71. The van der Waals surface area contributed by atoms with E-state index in [-0.39, 0.29) is 11.8 Å². The van der Waals surface area contributed by atoms with E-state index in [0.717, 1.165) is 68.1 Å². The number of hydrogen-bond acceptors (Lipinski definition) is 4. The molecule has 1 aliphatic carbocycles. The molecular weight excluding hydrogens is 330 g/mol. The van der Waals surface area contributed by atoms with E-state index in [4.69, 9.17) is 4.74 Å². The Kier molecular flexibility index (Phi) is 4.80. The molecule has 0 spiro atoms. The lowest BCUT2D eigenvalue weighted by Gasteiger charge is -2.33. The SMILES string of the molecule is COCCn1ccnc1[C@@H]1CCCN(C(=O)c2c(C3CC3)n[nH]c2C)C1. The Labute approximate surface area is 153 Å². The van der Waals surface area contributed by atoms with E-state index in [1.54, 1.807) is 7.11 Å². The van der Waals surface area contributed by atoms with E-state index in [9.17, 15) is 4.79 Å². The molecule has 2 aliphatic rings. The standard InChI is InChI=1S/C19H27N5O2/c1-13-16(17(22-21-13)14-5-6-14)19(25)24-8-3-4-15(12-24)18-20-7-9-23(18)10-11-26-2/h7,9,14-15H,3-6,8,10-12H2,1-2H3,(H,21,22)/t15-/m1/s1. The van der Waals surface area contributed by atoms with Gasteiger partial charge in [0.05, 0.1) is 17.9 Å². The van der Waals surface area contributed by atoms with Crippen molar-refractivity contribution < 1.29 is 9.53 Å². The number of piperidine rings is 1. The number of likely N-dealkylation sites (tertiary alicyclic amines) is 1. The van der Waals surface area contributed by atoms with Gasteiger partial charge in [-0.15, -0.1) is 0 Å². The zero-order valence-electron chi connectivity index (χ0n) is 15.6. The van der Waals surface area contributed by atoms with E-state index in [2.05, 4.69) is 19.7 Å². The summed E-state index contributed by atoms with van der Waals surface area (Å²) in [6, 6.07) is 0. The summed E-state index contributed by atoms with van der Waals surface area (Å²) >= 11 is 0. The number of nitrogens with one attached hydrogen (secondary N) is 1. The number of imidazole rings is 1. The minimum Gasteiger partial charge on any atom is -0.383 e. The normalized spacial score (nSPS) is 20.5. The fraction of sp³-hybridized carbons (Fsp3) is 0.632. The Hall–Kier alpha value is -2.15. The molecule has 4 rings (SSSR count). The summed E-state index contributed by atoms with van der Waals surface area (Å²) in [5.74, 6) is 1.92. The van der Waals surface area contributed by atoms with Crippen LogP contribution in [-0.2, 0) is 11.3 Å². The summed E-state index contributed by atoms with van der Waals surface area (Å²) in [4.78, 5) is 19.8. The lowest BCUT2D eigenvalue weighted by atomic mass is 9.96. The van der Waals surface area contributed by atoms with Gasteiger partial charge in [-0.1, -0.05) is 0 Å². The molecular formula is C19H27N5O2. The molecule has 2 aromatic heterocycles. The minimum absolute atomic E-state index is 0.123. The Balaban J connectivity index is 1.51. The predicted octanol–water partition coefficient (Wildman–Crippen LogP) is 2.46. The summed E-state index contributed by atoms with van der Waals surface area (Å²) in [5.41, 5.74) is 2.66. The number of carbonyl (C=O) groups is 1. The number of aryl methyl sites for hydroxylation is 1. The van der Waals surface area contributed by atoms with Crippen LogP contribution >= 0.6 is 0 Å². The lowest BCUT2D eigenvalue weighted by molar-refractivity contribution is 0.0700. The first-order valence-corrected chi connectivity index (χ1v) is 9.53. The third-order valence-corrected chi connectivity index (χ3v) is 5.51. The van der Waals surface area contributed by atoms with Gasteiger partial charge in [0.1, 0.15) is 5.82 Å². The molecule has 2 fully saturated rings. The van der Waals surface area contributed by atoms with Crippen molar-refractivity contribution >= 4 is 5.91 Å². The number of carbonyl (C=O) groups excluding carboxylic acids is 1. The number of amides is 1. The van der Waals surface area contributed by atoms with E-state index in [1.807, 2.05) is 24.2 Å². The quantitative estimate of drug-likeness (QED) is 0.862. The molecule has 0 bridgehead atoms. The van der Waals surface area contributed by atoms with Crippen LogP contribution in [0, 0.1) is 6.92 Å². The number of nitrogens with zero attached hydrogens (tertiary/aromatic N) is 4. The highest BCUT2D eigenvalue weighted by molar-refractivity contribution is 5.96. The van der Waals surface area contributed by atoms with Crippen molar-refractivity contribution in [2.75, 3.05) is 26.8 Å². The number of hydrogen-bond donors (Lipinski definition) is 1. The fourth-order valence-corrected chi connectivity index (χ4v) is 3.96. The molecule has 26 heavy (non-hydrogen) atoms. The maximum atomic E-state index is 13.2. The second kappa shape index (κ2) is 7.23. The van der Waals surface area contributed by atoms with Crippen molar-refractivity contribution in [2.45, 2.75) is 51.0 Å². The molecule has 0 radical (unpaired) electrons. The van der Waals surface area contributed by atoms with Crippen LogP contribution in [0.15, 0.2) is 12.4 Å². The van der Waals surface area contributed by atoms with Crippen LogP contribution in [0.3, 0.4) is 0 Å². The average molecular weight is 357 g/mol. The largest absolute Gasteiger partial charge is 0.383 e. The Morgan fingerprint density at radius 2 is 2.19 bits per heavy atom.